The van der Waals surface area contributed by atoms with E-state index in [1.54, 1.807) is 0 Å². The first-order valence-electron chi connectivity index (χ1n) is 11.3. The Labute approximate surface area is 178 Å². The number of nitrogens with zero attached hydrogens (tertiary/aromatic N) is 4. The van der Waals surface area contributed by atoms with Crippen LogP contribution in [0, 0.1) is 5.92 Å². The third-order valence-corrected chi connectivity index (χ3v) is 7.31. The highest BCUT2D eigenvalue weighted by atomic mass is 16.5. The van der Waals surface area contributed by atoms with Crippen molar-refractivity contribution in [1.29, 1.82) is 0 Å². The Kier molecular flexibility index (Phi) is 5.37. The first-order chi connectivity index (χ1) is 14.7. The summed E-state index contributed by atoms with van der Waals surface area (Å²) in [6, 6.07) is 12.6. The zero-order valence-corrected chi connectivity index (χ0v) is 17.9. The molecular weight excluding hydrogens is 376 g/mol. The number of amides is 1. The molecule has 0 unspecified atom stereocenters. The Morgan fingerprint density at radius 3 is 2.73 bits per heavy atom. The molecule has 30 heavy (non-hydrogen) atoms. The van der Waals surface area contributed by atoms with Crippen LogP contribution in [0.2, 0.25) is 0 Å². The quantitative estimate of drug-likeness (QED) is 0.737. The summed E-state index contributed by atoms with van der Waals surface area (Å²) in [6.45, 7) is 4.66. The van der Waals surface area contributed by atoms with Crippen LogP contribution in [0.3, 0.4) is 0 Å². The summed E-state index contributed by atoms with van der Waals surface area (Å²) in [6.07, 6.45) is 6.63. The number of hydrogen-bond donors (Lipinski definition) is 0. The molecule has 5 rings (SSSR count). The number of ether oxygens (including phenoxy) is 1. The largest absolute Gasteiger partial charge is 0.361 e. The summed E-state index contributed by atoms with van der Waals surface area (Å²) in [5.74, 6) is 0.876. The van der Waals surface area contributed by atoms with Crippen molar-refractivity contribution in [2.24, 2.45) is 13.0 Å². The predicted octanol–water partition coefficient (Wildman–Crippen LogP) is 2.46. The summed E-state index contributed by atoms with van der Waals surface area (Å²) in [5.41, 5.74) is 1.64. The van der Waals surface area contributed by atoms with Gasteiger partial charge >= 0.3 is 0 Å². The van der Waals surface area contributed by atoms with Crippen molar-refractivity contribution in [3.05, 3.63) is 53.9 Å². The van der Waals surface area contributed by atoms with Crippen LogP contribution in [-0.2, 0) is 23.0 Å². The smallest absolute Gasteiger partial charge is 0.257 e. The third kappa shape index (κ3) is 3.56. The molecule has 3 aliphatic rings. The zero-order chi connectivity index (χ0) is 20.6. The standard InChI is InChI=1S/C24H32N4O2/c1-26-22(10-12-25-26)21-17-27(13-11-19-6-3-2-4-7-19)18-24(21)23(29)28(14-15-30-24)16-20-8-5-9-20/h2-4,6-7,10,12,20-21H,5,8-9,11,13-18H2,1H3/t21-,24+/m1/s1. The van der Waals surface area contributed by atoms with Crippen LogP contribution >= 0.6 is 0 Å². The predicted molar refractivity (Wildman–Crippen MR) is 115 cm³/mol. The fraction of sp³-hybridized carbons (Fsp3) is 0.583. The van der Waals surface area contributed by atoms with Gasteiger partial charge in [-0.3, -0.25) is 14.4 Å². The summed E-state index contributed by atoms with van der Waals surface area (Å²) < 4.78 is 8.31. The molecule has 2 atom stereocenters. The molecule has 0 bridgehead atoms. The Morgan fingerprint density at radius 2 is 2.03 bits per heavy atom. The summed E-state index contributed by atoms with van der Waals surface area (Å²) in [7, 11) is 1.97. The van der Waals surface area contributed by atoms with E-state index in [1.165, 1.54) is 24.8 Å². The molecule has 1 amide bonds. The molecule has 3 fully saturated rings. The topological polar surface area (TPSA) is 50.6 Å². The number of aryl methyl sites for hydroxylation is 1. The van der Waals surface area contributed by atoms with Crippen LogP contribution in [0.4, 0.5) is 0 Å². The van der Waals surface area contributed by atoms with Crippen LogP contribution in [-0.4, -0.2) is 70.4 Å². The molecule has 1 aromatic heterocycles. The van der Waals surface area contributed by atoms with Crippen LogP contribution in [0.15, 0.2) is 42.6 Å². The highest BCUT2D eigenvalue weighted by molar-refractivity contribution is 5.88. The number of rotatable bonds is 6. The lowest BCUT2D eigenvalue weighted by atomic mass is 9.82. The van der Waals surface area contributed by atoms with E-state index in [2.05, 4.69) is 51.3 Å². The Bertz CT molecular complexity index is 878. The van der Waals surface area contributed by atoms with Crippen molar-refractivity contribution < 1.29 is 9.53 Å². The molecule has 3 heterocycles. The van der Waals surface area contributed by atoms with E-state index in [9.17, 15) is 4.79 Å². The van der Waals surface area contributed by atoms with Crippen molar-refractivity contribution in [3.63, 3.8) is 0 Å². The van der Waals surface area contributed by atoms with Gasteiger partial charge in [0.1, 0.15) is 0 Å². The van der Waals surface area contributed by atoms with Gasteiger partial charge in [0, 0.05) is 51.7 Å². The van der Waals surface area contributed by atoms with Crippen molar-refractivity contribution in [1.82, 2.24) is 19.6 Å². The van der Waals surface area contributed by atoms with Gasteiger partial charge in [0.05, 0.1) is 12.5 Å². The Balaban J connectivity index is 1.38. The van der Waals surface area contributed by atoms with Crippen molar-refractivity contribution in [2.45, 2.75) is 37.2 Å². The molecule has 1 saturated carbocycles. The minimum absolute atomic E-state index is 0.0115. The second-order valence-corrected chi connectivity index (χ2v) is 9.19. The van der Waals surface area contributed by atoms with Gasteiger partial charge < -0.3 is 9.64 Å². The van der Waals surface area contributed by atoms with Gasteiger partial charge in [0.25, 0.3) is 5.91 Å². The number of hydrogen-bond acceptors (Lipinski definition) is 4. The number of morpholine rings is 1. The van der Waals surface area contributed by atoms with Gasteiger partial charge in [-0.1, -0.05) is 36.8 Å². The van der Waals surface area contributed by atoms with Gasteiger partial charge in [0.15, 0.2) is 5.60 Å². The average molecular weight is 409 g/mol. The number of carbonyl (C=O) groups excluding carboxylic acids is 1. The SMILES string of the molecule is Cn1nccc1[C@H]1CN(CCc2ccccc2)C[C@]12OCCN(CC1CCC1)C2=O. The summed E-state index contributed by atoms with van der Waals surface area (Å²) >= 11 is 0. The van der Waals surface area contributed by atoms with Gasteiger partial charge in [-0.05, 0) is 36.8 Å². The van der Waals surface area contributed by atoms with E-state index < -0.39 is 5.60 Å². The van der Waals surface area contributed by atoms with E-state index in [0.717, 1.165) is 38.3 Å². The lowest BCUT2D eigenvalue weighted by molar-refractivity contribution is -0.173. The summed E-state index contributed by atoms with van der Waals surface area (Å²) in [5, 5.41) is 4.39. The maximum atomic E-state index is 13.8. The molecule has 0 N–H and O–H groups in total. The van der Waals surface area contributed by atoms with Crippen molar-refractivity contribution in [3.8, 4) is 0 Å². The van der Waals surface area contributed by atoms with Crippen LogP contribution < -0.4 is 0 Å². The average Bonchev–Trinajstić information content (AvgIpc) is 3.31. The molecule has 1 aliphatic carbocycles. The van der Waals surface area contributed by atoms with E-state index in [4.69, 9.17) is 4.74 Å². The van der Waals surface area contributed by atoms with E-state index in [-0.39, 0.29) is 11.8 Å². The monoisotopic (exact) mass is 408 g/mol. The maximum Gasteiger partial charge on any atom is 0.257 e. The van der Waals surface area contributed by atoms with Gasteiger partial charge in [-0.25, -0.2) is 0 Å². The molecule has 2 saturated heterocycles. The second-order valence-electron chi connectivity index (χ2n) is 9.19. The molecule has 1 spiro atoms. The van der Waals surface area contributed by atoms with E-state index in [1.807, 2.05) is 17.9 Å². The van der Waals surface area contributed by atoms with E-state index in [0.29, 0.717) is 19.1 Å². The highest BCUT2D eigenvalue weighted by Gasteiger charge is 2.57. The van der Waals surface area contributed by atoms with Crippen LogP contribution in [0.1, 0.15) is 36.4 Å². The second kappa shape index (κ2) is 8.16. The molecule has 160 valence electrons. The van der Waals surface area contributed by atoms with Crippen molar-refractivity contribution in [2.75, 3.05) is 39.3 Å². The summed E-state index contributed by atoms with van der Waals surface area (Å²) in [4.78, 5) is 18.3. The Hall–Kier alpha value is -2.18. The molecule has 0 radical (unpaired) electrons. The van der Waals surface area contributed by atoms with Crippen molar-refractivity contribution >= 4 is 5.91 Å². The maximum absolute atomic E-state index is 13.8. The van der Waals surface area contributed by atoms with Crippen LogP contribution in [0.25, 0.3) is 0 Å². The first-order valence-corrected chi connectivity index (χ1v) is 11.3. The zero-order valence-electron chi connectivity index (χ0n) is 17.9. The fourth-order valence-corrected chi connectivity index (χ4v) is 5.37. The molecular formula is C24H32N4O2. The molecule has 2 aliphatic heterocycles. The highest BCUT2D eigenvalue weighted by Crippen LogP contribution is 2.42. The fourth-order valence-electron chi connectivity index (χ4n) is 5.37. The van der Waals surface area contributed by atoms with Gasteiger partial charge in [0.2, 0.25) is 0 Å². The number of carbonyl (C=O) groups is 1. The normalized spacial score (nSPS) is 27.7. The lowest BCUT2D eigenvalue weighted by Crippen LogP contribution is -2.61. The number of benzene rings is 1. The first kappa shape index (κ1) is 19.8. The molecule has 6 heteroatoms. The molecule has 1 aromatic carbocycles. The van der Waals surface area contributed by atoms with Crippen LogP contribution in [0.5, 0.6) is 0 Å². The van der Waals surface area contributed by atoms with Gasteiger partial charge in [-0.15, -0.1) is 0 Å². The molecule has 6 nitrogen and oxygen atoms in total. The Morgan fingerprint density at radius 1 is 1.20 bits per heavy atom. The minimum Gasteiger partial charge on any atom is -0.361 e. The minimum atomic E-state index is -0.785. The van der Waals surface area contributed by atoms with E-state index >= 15 is 0 Å². The number of likely N-dealkylation sites (tertiary alicyclic amines) is 1. The van der Waals surface area contributed by atoms with Gasteiger partial charge in [-0.2, -0.15) is 5.10 Å². The molecule has 2 aromatic rings. The lowest BCUT2D eigenvalue weighted by Gasteiger charge is -2.44. The third-order valence-electron chi connectivity index (χ3n) is 7.31. The number of aromatic nitrogens is 2.